The molecule has 3 aromatic heterocycles. The molecular weight excluding hydrogens is 1900 g/mol. The van der Waals surface area contributed by atoms with Gasteiger partial charge in [0.25, 0.3) is 0 Å². The van der Waals surface area contributed by atoms with Crippen LogP contribution in [0.5, 0.6) is 0 Å². The first kappa shape index (κ1) is 88.8. The highest BCUT2D eigenvalue weighted by Gasteiger charge is 2.21. The summed E-state index contributed by atoms with van der Waals surface area (Å²) in [7, 11) is -1.00. The number of nitrogens with zero attached hydrogens (tertiary/aromatic N) is 1. The van der Waals surface area contributed by atoms with Crippen molar-refractivity contribution in [3.05, 3.63) is 414 Å². The van der Waals surface area contributed by atoms with Crippen LogP contribution in [0.1, 0.15) is 58.6 Å². The molecule has 0 fully saturated rings. The molecule has 0 radical (unpaired) electrons. The number of ketones is 1. The Bertz CT molecular complexity index is 6440. The molecule has 21 rings (SSSR count). The fraction of sp³-hybridized carbons (Fsp3) is 0.0865. The highest BCUT2D eigenvalue weighted by Crippen LogP contribution is 2.41. The molecule has 16 heteroatoms. The minimum absolute atomic E-state index is 0. The van der Waals surface area contributed by atoms with Crippen LogP contribution in [0.4, 0.5) is 21.5 Å². The molecule has 8 nitrogen and oxygen atoms in total. The van der Waals surface area contributed by atoms with Gasteiger partial charge >= 0.3 is 0 Å². The number of aromatic nitrogens is 3. The second-order valence-electron chi connectivity index (χ2n) is 27.6. The molecule has 0 saturated heterocycles. The number of aromatic amines is 2. The Kier molecular flexibility index (Phi) is 33.9. The van der Waals surface area contributed by atoms with E-state index in [1.807, 2.05) is 78.9 Å². The predicted octanol–water partition coefficient (Wildman–Crippen LogP) is 31.9. The standard InChI is InChI=1S/C24H19N.C22H14BrN.C16H12BrN.C16H10BrN.C10H9BrO.C6H5I.C6H8N2.C2H6O.CH3F.CH4.2ClH.H2/c1-3-7-19(8-4-1)21-11-15-23(16-12-21)25-24-17-13-22(14-18-24)20-9-5-2-6-10-20;23-16-11-13-18-15(14-16)10-12-20-19-8-4-5-9-21(19)24(22(18)20)17-6-2-1-3-7-17;2*17-11-6-8-12-10(9-11)5-7-14-13-3-1-2-4-15(13)18-16(12)14;11-8-4-5-9-7(6-8)2-1-3-10(9)12;7-6-4-2-1-3-5-6;7-8-6-4-2-1-3-5-6;1-2-3;1-2;;;;/h1-18,25H;1-14H;1-4,6,8-9,18H,5,7H2;1-9,18H;4-6H,1-3H2;1-5H;1-5,8H,7H2;3H,2H2,1H3;1H3;1H4;3*1H/i;;;;;;;;1D;;;;1+1D. The molecule has 120 heavy (non-hydrogen) atoms. The number of aliphatic hydroxyl groups is 1. The van der Waals surface area contributed by atoms with Gasteiger partial charge in [0.15, 0.2) is 5.78 Å². The lowest BCUT2D eigenvalue weighted by Gasteiger charge is -2.16. The summed E-state index contributed by atoms with van der Waals surface area (Å²) in [5.41, 5.74) is 25.6. The van der Waals surface area contributed by atoms with Crippen LogP contribution in [0.2, 0.25) is 0 Å². The Hall–Kier alpha value is -10.5. The zero-order valence-corrected chi connectivity index (χ0v) is 75.3. The van der Waals surface area contributed by atoms with E-state index in [0.29, 0.717) is 12.2 Å². The summed E-state index contributed by atoms with van der Waals surface area (Å²) in [6.07, 6.45) is 5.02. The lowest BCUT2D eigenvalue weighted by molar-refractivity contribution is 0.0972. The molecule has 0 atom stereocenters. The van der Waals surface area contributed by atoms with Gasteiger partial charge in [0.2, 0.25) is 0 Å². The normalized spacial score (nSPS) is 11.3. The fourth-order valence-electron chi connectivity index (χ4n) is 14.7. The smallest absolute Gasteiger partial charge is 0.163 e. The SMILES string of the molecule is Brc1ccc2c(c1)CCc1c-2[nH]c2ccccc12.Brc1ccc2c(ccc3c4ccccc4[nH]c23)c1.Brc1ccc2c(ccc3c4ccccc4n(-c4ccccc4)c23)c1.C.CCO.Cl.Cl.Ic1ccccc1.NNc1ccccc1.O=C1CCCc2cc(Br)ccc21.[2H]CF.[2H][2H].c1ccc(-c2ccc(Nc3ccc(-c4ccccc4)cc3)cc2)cc1. The Morgan fingerprint density at radius 3 is 1.42 bits per heavy atom. The van der Waals surface area contributed by atoms with Crippen LogP contribution in [0.25, 0.3) is 115 Å². The number of alkyl halides is 1. The van der Waals surface area contributed by atoms with E-state index in [4.69, 9.17) is 15.3 Å². The van der Waals surface area contributed by atoms with Crippen LogP contribution in [-0.4, -0.2) is 39.2 Å². The van der Waals surface area contributed by atoms with Gasteiger partial charge in [-0.1, -0.05) is 314 Å². The first-order valence-electron chi connectivity index (χ1n) is 40.2. The van der Waals surface area contributed by atoms with Crippen LogP contribution in [0.3, 0.4) is 0 Å². The third-order valence-corrected chi connectivity index (χ3v) is 22.7. The number of hydrogen-bond acceptors (Lipinski definition) is 5. The Labute approximate surface area is 765 Å². The molecule has 0 unspecified atom stereocenters. The van der Waals surface area contributed by atoms with Gasteiger partial charge in [0, 0.05) is 126 Å². The molecular formula is C104H94Br4Cl2FIN6O2. The average molecular weight is 2000 g/mol. The van der Waals surface area contributed by atoms with E-state index in [1.54, 1.807) is 6.92 Å². The van der Waals surface area contributed by atoms with Crippen LogP contribution in [0.15, 0.2) is 388 Å². The Morgan fingerprint density at radius 2 is 0.875 bits per heavy atom. The Balaban J connectivity index is 0.000000165. The molecule has 16 aromatic carbocycles. The summed E-state index contributed by atoms with van der Waals surface area (Å²) < 4.78 is 33.6. The van der Waals surface area contributed by atoms with Gasteiger partial charge in [0.1, 0.15) is 0 Å². The minimum Gasteiger partial charge on any atom is -0.397 e. The number of nitrogens with two attached hydrogens (primary N) is 1. The monoisotopic (exact) mass is 1990 g/mol. The van der Waals surface area contributed by atoms with Gasteiger partial charge in [-0.2, -0.15) is 0 Å². The lowest BCUT2D eigenvalue weighted by Crippen LogP contribution is -2.10. The van der Waals surface area contributed by atoms with Crippen LogP contribution in [0, 0.1) is 3.57 Å². The molecule has 7 N–H and O–H groups in total. The van der Waals surface area contributed by atoms with Crippen molar-refractivity contribution in [1.29, 1.82) is 0 Å². The molecule has 0 bridgehead atoms. The maximum atomic E-state index is 11.4. The zero-order valence-electron chi connectivity index (χ0n) is 68.1. The van der Waals surface area contributed by atoms with Crippen molar-refractivity contribution in [3.63, 3.8) is 0 Å². The third kappa shape index (κ3) is 23.2. The number of hydrogen-bond donors (Lipinski definition) is 6. The number of nitrogen functional groups attached to an aromatic ring is 1. The maximum Gasteiger partial charge on any atom is 0.163 e. The number of fused-ring (bicyclic) bond motifs is 16. The van der Waals surface area contributed by atoms with E-state index < -0.39 is 7.15 Å². The predicted molar refractivity (Wildman–Crippen MR) is 541 cm³/mol. The summed E-state index contributed by atoms with van der Waals surface area (Å²) >= 11 is 16.3. The van der Waals surface area contributed by atoms with Crippen molar-refractivity contribution in [1.82, 2.24) is 14.5 Å². The van der Waals surface area contributed by atoms with E-state index in [1.165, 1.54) is 140 Å². The third-order valence-electron chi connectivity index (χ3n) is 20.0. The molecule has 3 heterocycles. The van der Waals surface area contributed by atoms with Gasteiger partial charge in [-0.25, -0.2) is 0 Å². The highest BCUT2D eigenvalue weighted by atomic mass is 127. The van der Waals surface area contributed by atoms with E-state index in [-0.39, 0.29) is 38.8 Å². The molecule has 2 aliphatic carbocycles. The second kappa shape index (κ2) is 45.8. The summed E-state index contributed by atoms with van der Waals surface area (Å²) in [5, 5.41) is 22.6. The van der Waals surface area contributed by atoms with Crippen LogP contribution in [-0.2, 0) is 19.3 Å². The van der Waals surface area contributed by atoms with Crippen LogP contribution < -0.4 is 16.6 Å². The maximum absolute atomic E-state index is 11.4. The molecule has 2 aliphatic rings. The largest absolute Gasteiger partial charge is 0.397 e. The number of benzene rings is 16. The summed E-state index contributed by atoms with van der Waals surface area (Å²) in [6.45, 7) is 1.93. The van der Waals surface area contributed by atoms with Crippen molar-refractivity contribution in [3.8, 4) is 39.2 Å². The van der Waals surface area contributed by atoms with E-state index in [0.717, 1.165) is 61.7 Å². The first-order chi connectivity index (χ1) is 58.8. The zero-order chi connectivity index (χ0) is 84.1. The number of aryl methyl sites for hydroxylation is 3. The number of carbonyl (C=O) groups is 1. The van der Waals surface area contributed by atoms with Gasteiger partial charge in [0.05, 0.1) is 25.1 Å². The van der Waals surface area contributed by atoms with Crippen LogP contribution >= 0.6 is 111 Å². The number of hydrazine groups is 1. The fourth-order valence-corrected chi connectivity index (χ4v) is 16.7. The quantitative estimate of drug-likeness (QED) is 0.0562. The minimum atomic E-state index is -1.00. The van der Waals surface area contributed by atoms with Gasteiger partial charge < -0.3 is 30.4 Å². The number of rotatable bonds is 6. The van der Waals surface area contributed by atoms with Crippen molar-refractivity contribution in [2.24, 2.45) is 5.84 Å². The van der Waals surface area contributed by atoms with Gasteiger partial charge in [-0.3, -0.25) is 15.0 Å². The number of carbonyl (C=O) groups excluding carboxylic acids is 1. The molecule has 0 saturated carbocycles. The highest BCUT2D eigenvalue weighted by molar-refractivity contribution is 14.1. The number of nitrogens with one attached hydrogen (secondary N) is 4. The number of anilines is 3. The second-order valence-corrected chi connectivity index (χ2v) is 32.5. The van der Waals surface area contributed by atoms with E-state index in [9.17, 15) is 9.18 Å². The summed E-state index contributed by atoms with van der Waals surface area (Å²) in [5.74, 6) is 5.39. The van der Waals surface area contributed by atoms with Crippen molar-refractivity contribution >= 4 is 210 Å². The van der Waals surface area contributed by atoms with Crippen molar-refractivity contribution in [2.75, 3.05) is 24.5 Å². The lowest BCUT2D eigenvalue weighted by atomic mass is 9.89. The number of halogens is 8. The number of aliphatic hydroxyl groups excluding tert-OH is 1. The summed E-state index contributed by atoms with van der Waals surface area (Å²) in [6, 6.07) is 128. The molecule has 0 aliphatic heterocycles. The van der Waals surface area contributed by atoms with E-state index >= 15 is 0 Å². The average Bonchev–Trinajstić information content (AvgIpc) is 1.59. The topological polar surface area (TPSA) is 124 Å². The number of H-pyrrole nitrogens is 2. The van der Waals surface area contributed by atoms with Gasteiger partial charge in [-0.05, 0) is 232 Å². The number of Topliss-reactive ketones (excluding diaryl/α,β-unsaturated/α-hetero) is 1. The first-order valence-corrected chi connectivity index (χ1v) is 42.8. The van der Waals surface area contributed by atoms with Crippen molar-refractivity contribution in [2.45, 2.75) is 46.5 Å². The summed E-state index contributed by atoms with van der Waals surface area (Å²) in [4.78, 5) is 18.5. The van der Waals surface area contributed by atoms with Crippen molar-refractivity contribution < 1.29 is 18.6 Å². The molecule has 608 valence electrons. The van der Waals surface area contributed by atoms with E-state index in [2.05, 4.69) is 403 Å². The molecule has 0 spiro atoms. The van der Waals surface area contributed by atoms with Gasteiger partial charge in [-0.15, -0.1) is 24.8 Å². The molecule has 19 aromatic rings. The Morgan fingerprint density at radius 1 is 0.450 bits per heavy atom. The number of para-hydroxylation sites is 5. The molecule has 0 amide bonds.